The predicted molar refractivity (Wildman–Crippen MR) is 62.8 cm³/mol. The van der Waals surface area contributed by atoms with Gasteiger partial charge in [-0.2, -0.15) is 13.2 Å². The molecule has 19 heavy (non-hydrogen) atoms. The van der Waals surface area contributed by atoms with Gasteiger partial charge in [0.05, 0.1) is 12.0 Å². The molecule has 0 heterocycles. The van der Waals surface area contributed by atoms with Crippen molar-refractivity contribution in [3.05, 3.63) is 34.9 Å². The summed E-state index contributed by atoms with van der Waals surface area (Å²) in [6.45, 7) is 1.69. The third-order valence-corrected chi connectivity index (χ3v) is 3.39. The van der Waals surface area contributed by atoms with Crippen LogP contribution in [0.2, 0.25) is 0 Å². The van der Waals surface area contributed by atoms with E-state index in [9.17, 15) is 22.8 Å². The second-order valence-electron chi connectivity index (χ2n) is 4.93. The Morgan fingerprint density at radius 3 is 2.21 bits per heavy atom. The normalized spacial score (nSPS) is 17.9. The summed E-state index contributed by atoms with van der Waals surface area (Å²) < 4.78 is 38.1. The Morgan fingerprint density at radius 2 is 1.68 bits per heavy atom. The van der Waals surface area contributed by atoms with Gasteiger partial charge in [-0.15, -0.1) is 0 Å². The van der Waals surface area contributed by atoms with Crippen LogP contribution in [-0.2, 0) is 15.8 Å². The van der Waals surface area contributed by atoms with Gasteiger partial charge in [0.15, 0.2) is 0 Å². The molecule has 0 radical (unpaired) electrons. The van der Waals surface area contributed by atoms with E-state index in [0.29, 0.717) is 11.1 Å². The molecule has 0 amide bonds. The molecular formula is C14H13F3O2. The minimum atomic E-state index is -4.41. The smallest absolute Gasteiger partial charge is 0.299 e. The van der Waals surface area contributed by atoms with Crippen molar-refractivity contribution in [3.8, 4) is 0 Å². The third kappa shape index (κ3) is 3.03. The van der Waals surface area contributed by atoms with Crippen LogP contribution in [0.25, 0.3) is 0 Å². The van der Waals surface area contributed by atoms with Gasteiger partial charge in [-0.25, -0.2) is 0 Å². The Kier molecular flexibility index (Phi) is 3.47. The number of rotatable bonds is 1. The fourth-order valence-corrected chi connectivity index (χ4v) is 2.46. The third-order valence-electron chi connectivity index (χ3n) is 3.39. The largest absolute Gasteiger partial charge is 0.416 e. The minimum Gasteiger partial charge on any atom is -0.299 e. The summed E-state index contributed by atoms with van der Waals surface area (Å²) in [5, 5.41) is 0. The average Bonchev–Trinajstić information content (AvgIpc) is 2.26. The summed E-state index contributed by atoms with van der Waals surface area (Å²) in [5.41, 5.74) is 0.398. The van der Waals surface area contributed by atoms with Crippen LogP contribution in [0.4, 0.5) is 13.2 Å². The summed E-state index contributed by atoms with van der Waals surface area (Å²) >= 11 is 0. The van der Waals surface area contributed by atoms with E-state index >= 15 is 0 Å². The molecule has 1 aromatic carbocycles. The maximum absolute atomic E-state index is 12.7. The average molecular weight is 270 g/mol. The van der Waals surface area contributed by atoms with Crippen molar-refractivity contribution in [2.24, 2.45) is 0 Å². The first-order valence-corrected chi connectivity index (χ1v) is 5.98. The first-order valence-electron chi connectivity index (χ1n) is 5.98. The molecule has 0 saturated heterocycles. The Bertz CT molecular complexity index is 516. The van der Waals surface area contributed by atoms with Crippen LogP contribution >= 0.6 is 0 Å². The van der Waals surface area contributed by atoms with E-state index in [-0.39, 0.29) is 30.8 Å². The fraction of sp³-hybridized carbons (Fsp3) is 0.429. The molecule has 1 aromatic rings. The number of benzene rings is 1. The van der Waals surface area contributed by atoms with Gasteiger partial charge in [0, 0.05) is 12.8 Å². The number of alkyl halides is 3. The zero-order chi connectivity index (χ0) is 14.2. The molecule has 1 aliphatic rings. The van der Waals surface area contributed by atoms with E-state index in [1.54, 1.807) is 6.92 Å². The van der Waals surface area contributed by atoms with Crippen LogP contribution in [0.1, 0.15) is 41.9 Å². The summed E-state index contributed by atoms with van der Waals surface area (Å²) in [4.78, 5) is 22.8. The molecule has 0 aromatic heterocycles. The summed E-state index contributed by atoms with van der Waals surface area (Å²) in [5.74, 6) is -0.813. The van der Waals surface area contributed by atoms with Gasteiger partial charge in [-0.3, -0.25) is 9.59 Å². The highest BCUT2D eigenvalue weighted by Crippen LogP contribution is 2.36. The monoisotopic (exact) mass is 270 g/mol. The second kappa shape index (κ2) is 4.79. The van der Waals surface area contributed by atoms with Crippen LogP contribution in [0.3, 0.4) is 0 Å². The number of Topliss-reactive ketones (excluding diaryl/α,β-unsaturated/α-hetero) is 2. The van der Waals surface area contributed by atoms with E-state index in [1.807, 2.05) is 0 Å². The molecule has 1 saturated carbocycles. The second-order valence-corrected chi connectivity index (χ2v) is 4.93. The van der Waals surface area contributed by atoms with Gasteiger partial charge in [-0.1, -0.05) is 6.07 Å². The Morgan fingerprint density at radius 1 is 1.11 bits per heavy atom. The van der Waals surface area contributed by atoms with Crippen molar-refractivity contribution in [1.29, 1.82) is 0 Å². The molecule has 1 aliphatic carbocycles. The van der Waals surface area contributed by atoms with Crippen LogP contribution in [0.15, 0.2) is 18.2 Å². The van der Waals surface area contributed by atoms with Crippen molar-refractivity contribution in [2.45, 2.75) is 38.3 Å². The van der Waals surface area contributed by atoms with Crippen molar-refractivity contribution in [3.63, 3.8) is 0 Å². The van der Waals surface area contributed by atoms with E-state index in [4.69, 9.17) is 0 Å². The van der Waals surface area contributed by atoms with E-state index in [0.717, 1.165) is 12.1 Å². The summed E-state index contributed by atoms with van der Waals surface area (Å²) in [6, 6.07) is 3.47. The maximum atomic E-state index is 12.7. The lowest BCUT2D eigenvalue weighted by Gasteiger charge is -2.23. The topological polar surface area (TPSA) is 34.1 Å². The Hall–Kier alpha value is -1.65. The molecule has 0 unspecified atom stereocenters. The van der Waals surface area contributed by atoms with Crippen molar-refractivity contribution in [2.75, 3.05) is 0 Å². The molecule has 0 atom stereocenters. The van der Waals surface area contributed by atoms with Crippen molar-refractivity contribution < 1.29 is 22.8 Å². The van der Waals surface area contributed by atoms with E-state index in [2.05, 4.69) is 0 Å². The zero-order valence-corrected chi connectivity index (χ0v) is 10.4. The molecule has 2 nitrogen and oxygen atoms in total. The Labute approximate surface area is 108 Å². The van der Waals surface area contributed by atoms with Gasteiger partial charge >= 0.3 is 6.18 Å². The van der Waals surface area contributed by atoms with Crippen molar-refractivity contribution in [1.82, 2.24) is 0 Å². The quantitative estimate of drug-likeness (QED) is 0.733. The molecule has 5 heteroatoms. The molecule has 2 rings (SSSR count). The molecule has 0 aliphatic heterocycles. The first-order chi connectivity index (χ1) is 8.77. The number of hydrogen-bond acceptors (Lipinski definition) is 2. The van der Waals surface area contributed by atoms with Gasteiger partial charge in [0.25, 0.3) is 0 Å². The van der Waals surface area contributed by atoms with Gasteiger partial charge in [0.2, 0.25) is 0 Å². The zero-order valence-electron chi connectivity index (χ0n) is 10.4. The lowest BCUT2D eigenvalue weighted by Crippen LogP contribution is -2.22. The molecule has 1 fully saturated rings. The van der Waals surface area contributed by atoms with Crippen LogP contribution in [0.5, 0.6) is 0 Å². The lowest BCUT2D eigenvalue weighted by molar-refractivity contribution is -0.137. The van der Waals surface area contributed by atoms with Crippen LogP contribution in [-0.4, -0.2) is 11.6 Å². The number of ketones is 2. The molecular weight excluding hydrogens is 257 g/mol. The SMILES string of the molecule is Cc1ccc(C(F)(F)F)cc1C1CC(=O)CC(=O)C1. The number of halogens is 3. The molecule has 102 valence electrons. The van der Waals surface area contributed by atoms with Gasteiger partial charge in [0.1, 0.15) is 11.6 Å². The highest BCUT2D eigenvalue weighted by atomic mass is 19.4. The number of aryl methyl sites for hydroxylation is 1. The van der Waals surface area contributed by atoms with Gasteiger partial charge < -0.3 is 0 Å². The summed E-state index contributed by atoms with van der Waals surface area (Å²) in [7, 11) is 0. The van der Waals surface area contributed by atoms with Gasteiger partial charge in [-0.05, 0) is 36.1 Å². The standard InChI is InChI=1S/C14H13F3O2/c1-8-2-3-10(14(15,16)17)6-13(8)9-4-11(18)7-12(19)5-9/h2-3,6,9H,4-5,7H2,1H3. The molecule has 0 spiro atoms. The number of hydrogen-bond donors (Lipinski definition) is 0. The molecule has 0 N–H and O–H groups in total. The van der Waals surface area contributed by atoms with Crippen molar-refractivity contribution >= 4 is 11.6 Å². The Balaban J connectivity index is 2.38. The molecule has 0 bridgehead atoms. The minimum absolute atomic E-state index is 0.0888. The van der Waals surface area contributed by atoms with E-state index in [1.165, 1.54) is 6.07 Å². The first kappa shape index (κ1) is 13.8. The van der Waals surface area contributed by atoms with Crippen LogP contribution < -0.4 is 0 Å². The number of carbonyl (C=O) groups excluding carboxylic acids is 2. The van der Waals surface area contributed by atoms with Crippen LogP contribution in [0, 0.1) is 6.92 Å². The number of carbonyl (C=O) groups is 2. The highest BCUT2D eigenvalue weighted by Gasteiger charge is 2.33. The highest BCUT2D eigenvalue weighted by molar-refractivity contribution is 6.02. The predicted octanol–water partition coefficient (Wildman–Crippen LogP) is 3.42. The summed E-state index contributed by atoms with van der Waals surface area (Å²) in [6.07, 6.45) is -4.21. The fourth-order valence-electron chi connectivity index (χ4n) is 2.46. The van der Waals surface area contributed by atoms with E-state index < -0.39 is 17.7 Å². The lowest BCUT2D eigenvalue weighted by atomic mass is 9.80. The maximum Gasteiger partial charge on any atom is 0.416 e.